The van der Waals surface area contributed by atoms with Gasteiger partial charge in [-0.15, -0.1) is 5.10 Å². The smallest absolute Gasteiger partial charge is 0.295 e. The summed E-state index contributed by atoms with van der Waals surface area (Å²) in [6, 6.07) is 1.92. The van der Waals surface area contributed by atoms with Crippen LogP contribution in [0.15, 0.2) is 22.8 Å². The van der Waals surface area contributed by atoms with Crippen molar-refractivity contribution >= 4 is 23.1 Å². The normalized spacial score (nSPS) is 11.0. The molecule has 0 N–H and O–H groups in total. The summed E-state index contributed by atoms with van der Waals surface area (Å²) in [5.74, 6) is 0.929. The van der Waals surface area contributed by atoms with Gasteiger partial charge >= 0.3 is 0 Å². The Labute approximate surface area is 108 Å². The van der Waals surface area contributed by atoms with Gasteiger partial charge in [0.25, 0.3) is 5.19 Å². The Kier molecular flexibility index (Phi) is 4.38. The number of hydrogen-bond donors (Lipinski definition) is 0. The van der Waals surface area contributed by atoms with Crippen molar-refractivity contribution in [1.29, 1.82) is 0 Å². The van der Waals surface area contributed by atoms with Crippen molar-refractivity contribution in [3.8, 4) is 5.19 Å². The summed E-state index contributed by atoms with van der Waals surface area (Å²) < 4.78 is 8.30. The zero-order valence-corrected chi connectivity index (χ0v) is 11.4. The van der Waals surface area contributed by atoms with Crippen LogP contribution in [0.1, 0.15) is 13.8 Å². The van der Waals surface area contributed by atoms with Gasteiger partial charge in [-0.3, -0.25) is 4.68 Å². The molecule has 2 aromatic heterocycles. The van der Waals surface area contributed by atoms with E-state index in [1.54, 1.807) is 18.0 Å². The molecule has 0 aliphatic rings. The summed E-state index contributed by atoms with van der Waals surface area (Å²) in [4.78, 5) is 0. The second kappa shape index (κ2) is 6.02. The standard InChI is InChI=1S/C10H14N4OS2/c1-8(2)15-9-12-13-10(17-9)16-7-6-14-5-3-4-11-14/h3-5,8H,6-7H2,1-2H3. The van der Waals surface area contributed by atoms with E-state index in [4.69, 9.17) is 4.74 Å². The number of nitrogens with zero attached hydrogens (tertiary/aromatic N) is 4. The Morgan fingerprint density at radius 3 is 3.06 bits per heavy atom. The number of aryl methyl sites for hydroxylation is 1. The SMILES string of the molecule is CC(C)Oc1nnc(SCCn2cccn2)s1. The molecule has 0 aromatic carbocycles. The van der Waals surface area contributed by atoms with E-state index in [-0.39, 0.29) is 6.10 Å². The molecule has 0 fully saturated rings. The van der Waals surface area contributed by atoms with Gasteiger partial charge in [0.15, 0.2) is 4.34 Å². The predicted molar refractivity (Wildman–Crippen MR) is 68.6 cm³/mol. The molecule has 0 bridgehead atoms. The van der Waals surface area contributed by atoms with Crippen LogP contribution in [0.25, 0.3) is 0 Å². The summed E-state index contributed by atoms with van der Waals surface area (Å²) in [5.41, 5.74) is 0. The molecule has 2 aromatic rings. The van der Waals surface area contributed by atoms with E-state index < -0.39 is 0 Å². The first-order valence-electron chi connectivity index (χ1n) is 5.34. The number of thioether (sulfide) groups is 1. The van der Waals surface area contributed by atoms with Crippen LogP contribution >= 0.6 is 23.1 Å². The van der Waals surface area contributed by atoms with Crippen molar-refractivity contribution in [3.63, 3.8) is 0 Å². The van der Waals surface area contributed by atoms with Gasteiger partial charge in [0.05, 0.1) is 12.6 Å². The molecule has 0 atom stereocenters. The van der Waals surface area contributed by atoms with E-state index in [0.717, 1.165) is 16.6 Å². The molecular formula is C10H14N4OS2. The second-order valence-electron chi connectivity index (χ2n) is 3.62. The summed E-state index contributed by atoms with van der Waals surface area (Å²) in [5, 5.41) is 12.8. The van der Waals surface area contributed by atoms with Gasteiger partial charge in [0.2, 0.25) is 0 Å². The predicted octanol–water partition coefficient (Wildman–Crippen LogP) is 2.31. The molecule has 5 nitrogen and oxygen atoms in total. The molecule has 2 rings (SSSR count). The number of ether oxygens (including phenoxy) is 1. The van der Waals surface area contributed by atoms with Crippen LogP contribution in [0.5, 0.6) is 5.19 Å². The maximum Gasteiger partial charge on any atom is 0.295 e. The highest BCUT2D eigenvalue weighted by atomic mass is 32.2. The van der Waals surface area contributed by atoms with Gasteiger partial charge < -0.3 is 4.74 Å². The first-order chi connectivity index (χ1) is 8.24. The average molecular weight is 270 g/mol. The molecule has 0 radical (unpaired) electrons. The minimum Gasteiger partial charge on any atom is -0.466 e. The highest BCUT2D eigenvalue weighted by Gasteiger charge is 2.07. The van der Waals surface area contributed by atoms with Gasteiger partial charge in [0, 0.05) is 18.1 Å². The van der Waals surface area contributed by atoms with Gasteiger partial charge in [-0.1, -0.05) is 16.9 Å². The fraction of sp³-hybridized carbons (Fsp3) is 0.500. The highest BCUT2D eigenvalue weighted by molar-refractivity contribution is 8.01. The molecule has 92 valence electrons. The lowest BCUT2D eigenvalue weighted by Crippen LogP contribution is -2.04. The fourth-order valence-corrected chi connectivity index (χ4v) is 2.97. The number of aromatic nitrogens is 4. The minimum atomic E-state index is 0.143. The lowest BCUT2D eigenvalue weighted by atomic mass is 10.5. The molecule has 0 saturated heterocycles. The Hall–Kier alpha value is -1.08. The Morgan fingerprint density at radius 2 is 2.35 bits per heavy atom. The lowest BCUT2D eigenvalue weighted by molar-refractivity contribution is 0.239. The van der Waals surface area contributed by atoms with E-state index in [1.165, 1.54) is 11.3 Å². The topological polar surface area (TPSA) is 52.8 Å². The van der Waals surface area contributed by atoms with Crippen LogP contribution in [0.2, 0.25) is 0 Å². The van der Waals surface area contributed by atoms with Crippen molar-refractivity contribution in [2.45, 2.75) is 30.8 Å². The second-order valence-corrected chi connectivity index (χ2v) is 5.90. The number of rotatable bonds is 6. The van der Waals surface area contributed by atoms with Crippen molar-refractivity contribution in [2.75, 3.05) is 5.75 Å². The fourth-order valence-electron chi connectivity index (χ4n) is 1.16. The summed E-state index contributed by atoms with van der Waals surface area (Å²) in [6.45, 7) is 4.83. The molecule has 2 heterocycles. The van der Waals surface area contributed by atoms with Crippen LogP contribution in [0.3, 0.4) is 0 Å². The van der Waals surface area contributed by atoms with Crippen LogP contribution in [-0.2, 0) is 6.54 Å². The Bertz CT molecular complexity index is 441. The molecule has 17 heavy (non-hydrogen) atoms. The molecular weight excluding hydrogens is 256 g/mol. The van der Waals surface area contributed by atoms with Crippen molar-refractivity contribution < 1.29 is 4.74 Å². The Balaban J connectivity index is 1.77. The monoisotopic (exact) mass is 270 g/mol. The molecule has 0 amide bonds. The van der Waals surface area contributed by atoms with Crippen molar-refractivity contribution in [1.82, 2.24) is 20.0 Å². The van der Waals surface area contributed by atoms with Crippen LogP contribution < -0.4 is 4.74 Å². The molecule has 0 unspecified atom stereocenters. The third kappa shape index (κ3) is 4.01. The number of hydrogen-bond acceptors (Lipinski definition) is 6. The van der Waals surface area contributed by atoms with Crippen molar-refractivity contribution in [3.05, 3.63) is 18.5 Å². The molecule has 7 heteroatoms. The minimum absolute atomic E-state index is 0.143. The van der Waals surface area contributed by atoms with E-state index in [0.29, 0.717) is 5.19 Å². The largest absolute Gasteiger partial charge is 0.466 e. The lowest BCUT2D eigenvalue weighted by Gasteiger charge is -2.02. The average Bonchev–Trinajstić information content (AvgIpc) is 2.89. The van der Waals surface area contributed by atoms with Gasteiger partial charge in [-0.2, -0.15) is 5.10 Å². The maximum absolute atomic E-state index is 5.46. The third-order valence-corrected chi connectivity index (χ3v) is 3.76. The zero-order valence-electron chi connectivity index (χ0n) is 9.74. The van der Waals surface area contributed by atoms with E-state index >= 15 is 0 Å². The Morgan fingerprint density at radius 1 is 1.47 bits per heavy atom. The maximum atomic E-state index is 5.46. The van der Waals surface area contributed by atoms with Crippen LogP contribution in [-0.4, -0.2) is 31.8 Å². The summed E-state index contributed by atoms with van der Waals surface area (Å²) in [7, 11) is 0. The van der Waals surface area contributed by atoms with Crippen LogP contribution in [0.4, 0.5) is 0 Å². The summed E-state index contributed by atoms with van der Waals surface area (Å²) in [6.07, 6.45) is 3.88. The molecule has 0 saturated carbocycles. The highest BCUT2D eigenvalue weighted by Crippen LogP contribution is 2.27. The molecule has 0 spiro atoms. The first kappa shape index (κ1) is 12.4. The van der Waals surface area contributed by atoms with Crippen molar-refractivity contribution in [2.24, 2.45) is 0 Å². The van der Waals surface area contributed by atoms with E-state index in [1.807, 2.05) is 30.8 Å². The van der Waals surface area contributed by atoms with E-state index in [2.05, 4.69) is 15.3 Å². The van der Waals surface area contributed by atoms with Gasteiger partial charge in [0.1, 0.15) is 0 Å². The molecule has 0 aliphatic heterocycles. The third-order valence-electron chi connectivity index (χ3n) is 1.83. The molecule has 0 aliphatic carbocycles. The van der Waals surface area contributed by atoms with Gasteiger partial charge in [-0.05, 0) is 31.3 Å². The van der Waals surface area contributed by atoms with E-state index in [9.17, 15) is 0 Å². The quantitative estimate of drug-likeness (QED) is 0.754. The van der Waals surface area contributed by atoms with Crippen LogP contribution in [0, 0.1) is 0 Å². The first-order valence-corrected chi connectivity index (χ1v) is 7.14. The summed E-state index contributed by atoms with van der Waals surface area (Å²) >= 11 is 3.16. The van der Waals surface area contributed by atoms with Gasteiger partial charge in [-0.25, -0.2) is 0 Å². The zero-order chi connectivity index (χ0) is 12.1.